The quantitative estimate of drug-likeness (QED) is 0.633. The van der Waals surface area contributed by atoms with Gasteiger partial charge in [0.1, 0.15) is 11.3 Å². The minimum Gasteiger partial charge on any atom is -0.399 e. The smallest absolute Gasteiger partial charge is 0.229 e. The van der Waals surface area contributed by atoms with E-state index >= 15 is 0 Å². The van der Waals surface area contributed by atoms with Gasteiger partial charge in [-0.2, -0.15) is 9.97 Å². The van der Waals surface area contributed by atoms with Gasteiger partial charge >= 0.3 is 0 Å². The van der Waals surface area contributed by atoms with Crippen molar-refractivity contribution >= 4 is 28.6 Å². The first kappa shape index (κ1) is 19.1. The van der Waals surface area contributed by atoms with E-state index in [2.05, 4.69) is 28.6 Å². The van der Waals surface area contributed by atoms with E-state index in [0.29, 0.717) is 30.5 Å². The molecule has 9 heteroatoms. The summed E-state index contributed by atoms with van der Waals surface area (Å²) in [6.07, 6.45) is 0.254. The Hall–Kier alpha value is -2.91. The zero-order valence-corrected chi connectivity index (χ0v) is 17.3. The molecule has 0 spiro atoms. The van der Waals surface area contributed by atoms with Crippen LogP contribution in [0.25, 0.3) is 22.6 Å². The number of hydrogen-bond donors (Lipinski definition) is 2. The van der Waals surface area contributed by atoms with Crippen molar-refractivity contribution < 1.29 is 9.47 Å². The maximum absolute atomic E-state index is 5.97. The summed E-state index contributed by atoms with van der Waals surface area (Å²) in [6.45, 7) is 8.61. The molecule has 0 saturated carbocycles. The van der Waals surface area contributed by atoms with E-state index in [9.17, 15) is 0 Å². The highest BCUT2D eigenvalue weighted by molar-refractivity contribution is 5.87. The Morgan fingerprint density at radius 3 is 2.53 bits per heavy atom. The number of nitrogens with two attached hydrogens (primary N) is 1. The molecule has 30 heavy (non-hydrogen) atoms. The fourth-order valence-corrected chi connectivity index (χ4v) is 4.18. The van der Waals surface area contributed by atoms with Gasteiger partial charge in [0.2, 0.25) is 5.95 Å². The Bertz CT molecular complexity index is 1040. The number of hydrogen-bond acceptors (Lipinski definition) is 8. The van der Waals surface area contributed by atoms with Crippen molar-refractivity contribution in [2.75, 3.05) is 54.9 Å². The predicted molar refractivity (Wildman–Crippen MR) is 117 cm³/mol. The van der Waals surface area contributed by atoms with E-state index < -0.39 is 0 Å². The largest absolute Gasteiger partial charge is 0.399 e. The van der Waals surface area contributed by atoms with Gasteiger partial charge in [0.05, 0.1) is 25.4 Å². The predicted octanol–water partition coefficient (Wildman–Crippen LogP) is 2.05. The van der Waals surface area contributed by atoms with Crippen molar-refractivity contribution in [3.8, 4) is 11.4 Å². The number of fused-ring (bicyclic) bond motifs is 1. The number of anilines is 3. The van der Waals surface area contributed by atoms with E-state index in [4.69, 9.17) is 30.2 Å². The molecule has 0 radical (unpaired) electrons. The summed E-state index contributed by atoms with van der Waals surface area (Å²) in [4.78, 5) is 22.5. The summed E-state index contributed by atoms with van der Waals surface area (Å²) in [6, 6.07) is 7.69. The molecule has 0 bridgehead atoms. The highest BCUT2D eigenvalue weighted by atomic mass is 16.5. The zero-order valence-electron chi connectivity index (χ0n) is 17.3. The standard InChI is InChI=1S/C21H27N7O2/c1-13-11-28(12-14(2)30-13)21-25-19-17(20(26-21)27-6-8-29-9-7-27)23-18(24-19)15-4-3-5-16(22)10-15/h3-5,10,13-14H,6-9,11-12,22H2,1-2H3,(H,23,24,25,26). The Morgan fingerprint density at radius 2 is 1.80 bits per heavy atom. The summed E-state index contributed by atoms with van der Waals surface area (Å²) in [7, 11) is 0. The van der Waals surface area contributed by atoms with Gasteiger partial charge in [-0.15, -0.1) is 0 Å². The fourth-order valence-electron chi connectivity index (χ4n) is 4.18. The average Bonchev–Trinajstić information content (AvgIpc) is 3.17. The second-order valence-corrected chi connectivity index (χ2v) is 8.02. The maximum Gasteiger partial charge on any atom is 0.229 e. The lowest BCUT2D eigenvalue weighted by atomic mass is 10.2. The lowest BCUT2D eigenvalue weighted by Crippen LogP contribution is -2.46. The third-order valence-electron chi connectivity index (χ3n) is 5.49. The monoisotopic (exact) mass is 409 g/mol. The molecule has 2 unspecified atom stereocenters. The summed E-state index contributed by atoms with van der Waals surface area (Å²) in [5.41, 5.74) is 9.10. The van der Waals surface area contributed by atoms with Crippen LogP contribution in [0.2, 0.25) is 0 Å². The number of aromatic nitrogens is 4. The number of morpholine rings is 2. The number of nitrogens with zero attached hydrogens (tertiary/aromatic N) is 5. The van der Waals surface area contributed by atoms with Gasteiger partial charge in [0, 0.05) is 37.4 Å². The van der Waals surface area contributed by atoms with Gasteiger partial charge in [0.25, 0.3) is 0 Å². The van der Waals surface area contributed by atoms with Crippen LogP contribution in [-0.2, 0) is 9.47 Å². The molecule has 1 aromatic carbocycles. The number of ether oxygens (including phenoxy) is 2. The van der Waals surface area contributed by atoms with E-state index in [-0.39, 0.29) is 12.2 Å². The van der Waals surface area contributed by atoms with Crippen molar-refractivity contribution in [3.05, 3.63) is 24.3 Å². The van der Waals surface area contributed by atoms with Crippen LogP contribution in [0.15, 0.2) is 24.3 Å². The molecular weight excluding hydrogens is 382 g/mol. The van der Waals surface area contributed by atoms with Crippen molar-refractivity contribution in [1.82, 2.24) is 19.9 Å². The molecular formula is C21H27N7O2. The van der Waals surface area contributed by atoms with Crippen LogP contribution in [0, 0.1) is 0 Å². The molecule has 3 N–H and O–H groups in total. The number of imidazole rings is 1. The van der Waals surface area contributed by atoms with Gasteiger partial charge in [-0.05, 0) is 26.0 Å². The van der Waals surface area contributed by atoms with Crippen molar-refractivity contribution in [2.24, 2.45) is 0 Å². The summed E-state index contributed by atoms with van der Waals surface area (Å²) in [5.74, 6) is 2.30. The van der Waals surface area contributed by atoms with E-state index in [1.165, 1.54) is 0 Å². The lowest BCUT2D eigenvalue weighted by molar-refractivity contribution is -0.00570. The molecule has 9 nitrogen and oxygen atoms in total. The molecule has 2 atom stereocenters. The lowest BCUT2D eigenvalue weighted by Gasteiger charge is -2.36. The molecule has 0 amide bonds. The van der Waals surface area contributed by atoms with Crippen molar-refractivity contribution in [3.63, 3.8) is 0 Å². The molecule has 158 valence electrons. The second kappa shape index (κ2) is 7.73. The first-order valence-corrected chi connectivity index (χ1v) is 10.4. The molecule has 2 aromatic heterocycles. The van der Waals surface area contributed by atoms with Crippen molar-refractivity contribution in [2.45, 2.75) is 26.1 Å². The first-order valence-electron chi connectivity index (χ1n) is 10.4. The summed E-state index contributed by atoms with van der Waals surface area (Å²) >= 11 is 0. The van der Waals surface area contributed by atoms with Gasteiger partial charge in [-0.3, -0.25) is 0 Å². The number of rotatable bonds is 3. The van der Waals surface area contributed by atoms with Crippen LogP contribution in [0.3, 0.4) is 0 Å². The summed E-state index contributed by atoms with van der Waals surface area (Å²) < 4.78 is 11.4. The molecule has 2 saturated heterocycles. The Labute approximate surface area is 175 Å². The zero-order chi connectivity index (χ0) is 20.7. The molecule has 5 rings (SSSR count). The van der Waals surface area contributed by atoms with Gasteiger partial charge in [0.15, 0.2) is 11.5 Å². The normalized spacial score (nSPS) is 22.6. The topological polar surface area (TPSA) is 105 Å². The van der Waals surface area contributed by atoms with E-state index in [1.54, 1.807) is 0 Å². The Morgan fingerprint density at radius 1 is 1.03 bits per heavy atom. The van der Waals surface area contributed by atoms with Crippen LogP contribution in [0.1, 0.15) is 13.8 Å². The molecule has 4 heterocycles. The van der Waals surface area contributed by atoms with Crippen LogP contribution in [0.4, 0.5) is 17.5 Å². The van der Waals surface area contributed by atoms with Crippen molar-refractivity contribution in [1.29, 1.82) is 0 Å². The molecule has 0 aliphatic carbocycles. The second-order valence-electron chi connectivity index (χ2n) is 8.02. The molecule has 2 fully saturated rings. The SMILES string of the molecule is CC1CN(c2nc(N3CCOCC3)c3[nH]c(-c4cccc(N)c4)nc3n2)CC(C)O1. The molecule has 2 aliphatic heterocycles. The maximum atomic E-state index is 5.97. The number of benzene rings is 1. The number of H-pyrrole nitrogens is 1. The number of nitrogens with one attached hydrogen (secondary N) is 1. The minimum absolute atomic E-state index is 0.127. The number of nitrogen functional groups attached to an aromatic ring is 1. The fraction of sp³-hybridized carbons (Fsp3) is 0.476. The van der Waals surface area contributed by atoms with Crippen LogP contribution in [0.5, 0.6) is 0 Å². The van der Waals surface area contributed by atoms with Gasteiger partial charge in [-0.1, -0.05) is 12.1 Å². The highest BCUT2D eigenvalue weighted by Gasteiger charge is 2.27. The van der Waals surface area contributed by atoms with Gasteiger partial charge < -0.3 is 30.0 Å². The van der Waals surface area contributed by atoms with Gasteiger partial charge in [-0.25, -0.2) is 4.98 Å². The highest BCUT2D eigenvalue weighted by Crippen LogP contribution is 2.30. The summed E-state index contributed by atoms with van der Waals surface area (Å²) in [5, 5.41) is 0. The Kier molecular flexibility index (Phi) is 4.92. The van der Waals surface area contributed by atoms with Crippen LogP contribution < -0.4 is 15.5 Å². The van der Waals surface area contributed by atoms with E-state index in [0.717, 1.165) is 48.9 Å². The average molecular weight is 409 g/mol. The third-order valence-corrected chi connectivity index (χ3v) is 5.49. The van der Waals surface area contributed by atoms with E-state index in [1.807, 2.05) is 24.3 Å². The number of aromatic amines is 1. The van der Waals surface area contributed by atoms with Crippen LogP contribution >= 0.6 is 0 Å². The first-order chi connectivity index (χ1) is 14.6. The molecule has 3 aromatic rings. The molecule has 2 aliphatic rings. The third kappa shape index (κ3) is 3.66. The Balaban J connectivity index is 1.61. The minimum atomic E-state index is 0.127. The van der Waals surface area contributed by atoms with Crippen LogP contribution in [-0.4, -0.2) is 71.5 Å².